The Morgan fingerprint density at radius 1 is 1.06 bits per heavy atom. The number of hydrazine groups is 1. The zero-order valence-corrected chi connectivity index (χ0v) is 17.7. The van der Waals surface area contributed by atoms with Gasteiger partial charge < -0.3 is 19.7 Å². The zero-order chi connectivity index (χ0) is 22.1. The van der Waals surface area contributed by atoms with Crippen molar-refractivity contribution in [3.05, 3.63) is 48.2 Å². The molecule has 0 spiro atoms. The van der Waals surface area contributed by atoms with Crippen LogP contribution >= 0.6 is 0 Å². The molecule has 2 aliphatic rings. The number of nitrogens with zero attached hydrogens (tertiary/aromatic N) is 4. The van der Waals surface area contributed by atoms with E-state index in [-0.39, 0.29) is 6.03 Å². The Kier molecular flexibility index (Phi) is 5.28. The average Bonchev–Trinajstić information content (AvgIpc) is 3.44. The van der Waals surface area contributed by atoms with Gasteiger partial charge in [-0.1, -0.05) is 12.1 Å². The van der Waals surface area contributed by atoms with E-state index < -0.39 is 6.09 Å². The Labute approximate surface area is 184 Å². The molecular weight excluding hydrogens is 412 g/mol. The highest BCUT2D eigenvalue weighted by Gasteiger charge is 2.26. The van der Waals surface area contributed by atoms with Gasteiger partial charge in [0.2, 0.25) is 0 Å². The third-order valence-electron chi connectivity index (χ3n) is 5.80. The van der Waals surface area contributed by atoms with Gasteiger partial charge in [-0.2, -0.15) is 9.78 Å². The van der Waals surface area contributed by atoms with Gasteiger partial charge in [-0.25, -0.2) is 15.0 Å². The molecule has 3 heterocycles. The third-order valence-corrected chi connectivity index (χ3v) is 5.80. The van der Waals surface area contributed by atoms with E-state index in [9.17, 15) is 9.59 Å². The van der Waals surface area contributed by atoms with E-state index in [1.54, 1.807) is 18.2 Å². The molecule has 2 aromatic carbocycles. The number of nitrogens with one attached hydrogen (secondary N) is 2. The molecule has 10 nitrogen and oxygen atoms in total. The summed E-state index contributed by atoms with van der Waals surface area (Å²) >= 11 is 0. The fraction of sp³-hybridized carbons (Fsp3) is 0.318. The summed E-state index contributed by atoms with van der Waals surface area (Å²) in [4.78, 5) is 27.0. The highest BCUT2D eigenvalue weighted by Crippen LogP contribution is 2.35. The maximum absolute atomic E-state index is 12.8. The van der Waals surface area contributed by atoms with Crippen LogP contribution in [0.25, 0.3) is 10.9 Å². The number of urea groups is 1. The summed E-state index contributed by atoms with van der Waals surface area (Å²) in [5, 5.41) is 9.45. The number of ether oxygens (including phenoxy) is 2. The van der Waals surface area contributed by atoms with Crippen molar-refractivity contribution in [1.82, 2.24) is 15.2 Å². The van der Waals surface area contributed by atoms with Crippen LogP contribution in [0.5, 0.6) is 0 Å². The van der Waals surface area contributed by atoms with E-state index in [0.717, 1.165) is 43.1 Å². The van der Waals surface area contributed by atoms with Crippen LogP contribution in [0.3, 0.4) is 0 Å². The lowest BCUT2D eigenvalue weighted by molar-refractivity contribution is 0.122. The standard InChI is InChI=1S/C22H24N6O4/c1-31-22(30)28-20-7-2-4-17(16(20)14-23-28)24-21(29)25-27-9-8-15-18(5-3-6-19(15)27)26-10-12-32-13-11-26/h2-7,14H,8-13H2,1H3,(H2,24,25,29). The maximum atomic E-state index is 12.8. The normalized spacial score (nSPS) is 15.5. The molecule has 0 radical (unpaired) electrons. The zero-order valence-electron chi connectivity index (χ0n) is 17.7. The number of anilines is 3. The van der Waals surface area contributed by atoms with E-state index in [4.69, 9.17) is 9.47 Å². The van der Waals surface area contributed by atoms with E-state index in [0.29, 0.717) is 23.1 Å². The van der Waals surface area contributed by atoms with Gasteiger partial charge in [0.15, 0.2) is 0 Å². The van der Waals surface area contributed by atoms with Crippen LogP contribution in [-0.4, -0.2) is 61.9 Å². The SMILES string of the molecule is COC(=O)n1ncc2c(NC(=O)NN3CCc4c(N5CCOCC5)cccc43)cccc21. The smallest absolute Gasteiger partial charge is 0.434 e. The Morgan fingerprint density at radius 3 is 2.66 bits per heavy atom. The van der Waals surface area contributed by atoms with E-state index in [2.05, 4.69) is 26.8 Å². The lowest BCUT2D eigenvalue weighted by Gasteiger charge is -2.30. The first-order valence-electron chi connectivity index (χ1n) is 10.5. The van der Waals surface area contributed by atoms with Crippen LogP contribution in [-0.2, 0) is 15.9 Å². The molecule has 0 saturated carbocycles. The Hall–Kier alpha value is -3.79. The molecule has 0 bridgehead atoms. The van der Waals surface area contributed by atoms with Crippen molar-refractivity contribution >= 4 is 40.1 Å². The van der Waals surface area contributed by atoms with Gasteiger partial charge in [-0.3, -0.25) is 5.01 Å². The second kappa shape index (κ2) is 8.39. The minimum absolute atomic E-state index is 0.368. The molecule has 5 rings (SSSR count). The van der Waals surface area contributed by atoms with Gasteiger partial charge >= 0.3 is 12.1 Å². The van der Waals surface area contributed by atoms with Crippen LogP contribution in [0.1, 0.15) is 5.56 Å². The Balaban J connectivity index is 1.32. The van der Waals surface area contributed by atoms with Gasteiger partial charge in [0.1, 0.15) is 0 Å². The van der Waals surface area contributed by atoms with Crippen molar-refractivity contribution in [2.75, 3.05) is 55.2 Å². The van der Waals surface area contributed by atoms with Gasteiger partial charge in [0.25, 0.3) is 0 Å². The summed E-state index contributed by atoms with van der Waals surface area (Å²) in [5.74, 6) is 0. The van der Waals surface area contributed by atoms with Crippen LogP contribution in [0.15, 0.2) is 42.6 Å². The first-order valence-corrected chi connectivity index (χ1v) is 10.5. The number of hydrogen-bond donors (Lipinski definition) is 2. The number of methoxy groups -OCH3 is 1. The third kappa shape index (κ3) is 3.58. The summed E-state index contributed by atoms with van der Waals surface area (Å²) < 4.78 is 11.4. The first-order chi connectivity index (χ1) is 15.7. The number of hydrogen-bond acceptors (Lipinski definition) is 7. The molecule has 1 fully saturated rings. The van der Waals surface area contributed by atoms with Crippen LogP contribution in [0.4, 0.5) is 26.7 Å². The number of rotatable bonds is 3. The molecular formula is C22H24N6O4. The van der Waals surface area contributed by atoms with Gasteiger partial charge in [0.05, 0.1) is 43.4 Å². The highest BCUT2D eigenvalue weighted by molar-refractivity contribution is 6.02. The van der Waals surface area contributed by atoms with Crippen molar-refractivity contribution in [2.24, 2.45) is 0 Å². The molecule has 166 valence electrons. The number of morpholine rings is 1. The predicted molar refractivity (Wildman–Crippen MR) is 120 cm³/mol. The lowest BCUT2D eigenvalue weighted by Crippen LogP contribution is -2.43. The lowest BCUT2D eigenvalue weighted by atomic mass is 10.1. The number of carbonyl (C=O) groups is 2. The van der Waals surface area contributed by atoms with Crippen molar-refractivity contribution in [2.45, 2.75) is 6.42 Å². The average molecular weight is 436 g/mol. The Bertz CT molecular complexity index is 1170. The maximum Gasteiger partial charge on any atom is 0.434 e. The molecule has 3 aromatic rings. The topological polar surface area (TPSA) is 101 Å². The van der Waals surface area contributed by atoms with Gasteiger partial charge in [0, 0.05) is 36.3 Å². The molecule has 2 aliphatic heterocycles. The summed E-state index contributed by atoms with van der Waals surface area (Å²) in [6.07, 6.45) is 1.79. The molecule has 2 N–H and O–H groups in total. The van der Waals surface area contributed by atoms with E-state index in [1.165, 1.54) is 24.6 Å². The quantitative estimate of drug-likeness (QED) is 0.651. The highest BCUT2D eigenvalue weighted by atomic mass is 16.5. The number of fused-ring (bicyclic) bond motifs is 2. The van der Waals surface area contributed by atoms with E-state index >= 15 is 0 Å². The molecule has 32 heavy (non-hydrogen) atoms. The summed E-state index contributed by atoms with van der Waals surface area (Å²) in [7, 11) is 1.30. The minimum atomic E-state index is -0.591. The van der Waals surface area contributed by atoms with Crippen molar-refractivity contribution in [3.8, 4) is 0 Å². The number of carbonyl (C=O) groups excluding carboxylic acids is 2. The summed E-state index contributed by atoms with van der Waals surface area (Å²) in [6, 6.07) is 11.1. The molecule has 0 aliphatic carbocycles. The largest absolute Gasteiger partial charge is 0.451 e. The summed E-state index contributed by atoms with van der Waals surface area (Å²) in [6.45, 7) is 3.88. The number of benzene rings is 2. The second-order valence-corrected chi connectivity index (χ2v) is 7.61. The second-order valence-electron chi connectivity index (χ2n) is 7.61. The van der Waals surface area contributed by atoms with Crippen LogP contribution in [0, 0.1) is 0 Å². The summed E-state index contributed by atoms with van der Waals surface area (Å²) in [5.41, 5.74) is 7.48. The van der Waals surface area contributed by atoms with Crippen LogP contribution in [0.2, 0.25) is 0 Å². The van der Waals surface area contributed by atoms with Crippen molar-refractivity contribution in [1.29, 1.82) is 0 Å². The first kappa shape index (κ1) is 20.1. The molecule has 0 unspecified atom stereocenters. The number of amides is 2. The van der Waals surface area contributed by atoms with Gasteiger partial charge in [-0.05, 0) is 30.7 Å². The molecule has 0 atom stereocenters. The molecule has 1 aromatic heterocycles. The number of aromatic nitrogens is 2. The monoisotopic (exact) mass is 436 g/mol. The minimum Gasteiger partial charge on any atom is -0.451 e. The van der Waals surface area contributed by atoms with Crippen LogP contribution < -0.4 is 20.7 Å². The predicted octanol–water partition coefficient (Wildman–Crippen LogP) is 2.59. The van der Waals surface area contributed by atoms with Crippen molar-refractivity contribution < 1.29 is 19.1 Å². The van der Waals surface area contributed by atoms with Crippen molar-refractivity contribution in [3.63, 3.8) is 0 Å². The fourth-order valence-electron chi connectivity index (χ4n) is 4.30. The molecule has 10 heteroatoms. The molecule has 2 amide bonds. The molecule has 1 saturated heterocycles. The Morgan fingerprint density at radius 2 is 1.84 bits per heavy atom. The van der Waals surface area contributed by atoms with E-state index in [1.807, 2.05) is 17.1 Å². The fourth-order valence-corrected chi connectivity index (χ4v) is 4.30. The van der Waals surface area contributed by atoms with Gasteiger partial charge in [-0.15, -0.1) is 0 Å².